The van der Waals surface area contributed by atoms with Crippen molar-refractivity contribution in [3.63, 3.8) is 0 Å². The van der Waals surface area contributed by atoms with Gasteiger partial charge >= 0.3 is 0 Å². The Morgan fingerprint density at radius 1 is 0.419 bits per heavy atom. The van der Waals surface area contributed by atoms with Crippen molar-refractivity contribution in [2.45, 2.75) is 0 Å². The van der Waals surface area contributed by atoms with Crippen LogP contribution in [-0.2, 0) is 0 Å². The van der Waals surface area contributed by atoms with Gasteiger partial charge in [0.05, 0.1) is 0 Å². The molecule has 1 N–H and O–H groups in total. The molecule has 0 spiro atoms. The summed E-state index contributed by atoms with van der Waals surface area (Å²) in [5.41, 5.74) is 4.69. The molecule has 0 aromatic heterocycles. The molecule has 0 aliphatic carbocycles. The Balaban J connectivity index is 1.49. The van der Waals surface area contributed by atoms with Crippen LogP contribution in [0, 0.1) is 0 Å². The van der Waals surface area contributed by atoms with Crippen LogP contribution in [0.1, 0.15) is 0 Å². The second-order valence-corrected chi connectivity index (χ2v) is 7.92. The lowest BCUT2D eigenvalue weighted by Gasteiger charge is -2.14. The van der Waals surface area contributed by atoms with Crippen molar-refractivity contribution in [1.29, 1.82) is 0 Å². The van der Waals surface area contributed by atoms with Gasteiger partial charge in [-0.1, -0.05) is 97.1 Å². The zero-order valence-electron chi connectivity index (χ0n) is 17.0. The quantitative estimate of drug-likeness (QED) is 0.296. The van der Waals surface area contributed by atoms with Crippen LogP contribution in [0.15, 0.2) is 121 Å². The Morgan fingerprint density at radius 2 is 1.06 bits per heavy atom. The Kier molecular flexibility index (Phi) is 4.18. The molecule has 1 heteroatoms. The van der Waals surface area contributed by atoms with Gasteiger partial charge in [0.1, 0.15) is 0 Å². The fraction of sp³-hybridized carbons (Fsp3) is 0. The maximum Gasteiger partial charge on any atom is 0.0463 e. The first-order valence-corrected chi connectivity index (χ1v) is 10.6. The summed E-state index contributed by atoms with van der Waals surface area (Å²) in [6, 6.07) is 43.2. The molecule has 0 amide bonds. The molecule has 1 nitrogen and oxygen atoms in total. The number of fused-ring (bicyclic) bond motifs is 4. The van der Waals surface area contributed by atoms with E-state index < -0.39 is 0 Å². The summed E-state index contributed by atoms with van der Waals surface area (Å²) in [6.45, 7) is 0. The van der Waals surface area contributed by atoms with Gasteiger partial charge in [0.2, 0.25) is 0 Å². The van der Waals surface area contributed by atoms with E-state index in [0.717, 1.165) is 11.4 Å². The average Bonchev–Trinajstić information content (AvgIpc) is 2.84. The normalized spacial score (nSPS) is 11.2. The molecule has 31 heavy (non-hydrogen) atoms. The maximum absolute atomic E-state index is 3.64. The lowest BCUT2D eigenvalue weighted by Crippen LogP contribution is -1.92. The molecule has 0 fully saturated rings. The fourth-order valence-corrected chi connectivity index (χ4v) is 4.55. The molecular weight excluding hydrogens is 374 g/mol. The summed E-state index contributed by atoms with van der Waals surface area (Å²) in [4.78, 5) is 0. The van der Waals surface area contributed by atoms with Crippen molar-refractivity contribution < 1.29 is 0 Å². The molecule has 0 atom stereocenters. The summed E-state index contributed by atoms with van der Waals surface area (Å²) in [5.74, 6) is 0. The third-order valence-corrected chi connectivity index (χ3v) is 6.01. The van der Waals surface area contributed by atoms with Gasteiger partial charge in [-0.05, 0) is 62.3 Å². The molecule has 6 aromatic carbocycles. The number of benzene rings is 6. The number of hydrogen-bond donors (Lipinski definition) is 1. The minimum Gasteiger partial charge on any atom is -0.355 e. The number of anilines is 2. The first-order chi connectivity index (χ1) is 15.4. The summed E-state index contributed by atoms with van der Waals surface area (Å²) in [6.07, 6.45) is 0. The van der Waals surface area contributed by atoms with E-state index in [1.54, 1.807) is 0 Å². The highest BCUT2D eigenvalue weighted by Gasteiger charge is 2.09. The summed E-state index contributed by atoms with van der Waals surface area (Å²) < 4.78 is 0. The van der Waals surface area contributed by atoms with Gasteiger partial charge < -0.3 is 5.32 Å². The minimum absolute atomic E-state index is 1.09. The second kappa shape index (κ2) is 7.30. The second-order valence-electron chi connectivity index (χ2n) is 7.92. The average molecular weight is 396 g/mol. The molecule has 146 valence electrons. The van der Waals surface area contributed by atoms with Gasteiger partial charge in [0, 0.05) is 16.8 Å². The molecule has 6 rings (SSSR count). The van der Waals surface area contributed by atoms with Crippen LogP contribution in [0.4, 0.5) is 11.4 Å². The first kappa shape index (κ1) is 17.7. The van der Waals surface area contributed by atoms with E-state index in [1.165, 1.54) is 43.4 Å². The summed E-state index contributed by atoms with van der Waals surface area (Å²) >= 11 is 0. The highest BCUT2D eigenvalue weighted by atomic mass is 14.9. The molecule has 0 heterocycles. The van der Waals surface area contributed by atoms with Crippen molar-refractivity contribution in [3.8, 4) is 11.1 Å². The largest absolute Gasteiger partial charge is 0.355 e. The van der Waals surface area contributed by atoms with Gasteiger partial charge in [0.15, 0.2) is 0 Å². The Labute approximate surface area is 181 Å². The van der Waals surface area contributed by atoms with Crippen LogP contribution >= 0.6 is 0 Å². The number of nitrogens with one attached hydrogen (secondary N) is 1. The molecule has 0 saturated carbocycles. The smallest absolute Gasteiger partial charge is 0.0463 e. The van der Waals surface area contributed by atoms with Gasteiger partial charge in [-0.25, -0.2) is 0 Å². The number of hydrogen-bond acceptors (Lipinski definition) is 1. The SMILES string of the molecule is c1cc(Nc2cccc3ccccc23)cc(-c2cc3ccccc3c3ccccc23)c1. The third-order valence-electron chi connectivity index (χ3n) is 6.01. The highest BCUT2D eigenvalue weighted by molar-refractivity contribution is 6.13. The molecule has 6 aromatic rings. The molecular formula is C30H21N. The topological polar surface area (TPSA) is 12.0 Å². The maximum atomic E-state index is 3.64. The van der Waals surface area contributed by atoms with E-state index >= 15 is 0 Å². The molecule has 0 aliphatic heterocycles. The van der Waals surface area contributed by atoms with Gasteiger partial charge in [-0.2, -0.15) is 0 Å². The molecule has 0 unspecified atom stereocenters. The fourth-order valence-electron chi connectivity index (χ4n) is 4.55. The van der Waals surface area contributed by atoms with E-state index in [0.29, 0.717) is 0 Å². The zero-order chi connectivity index (χ0) is 20.6. The van der Waals surface area contributed by atoms with Crippen molar-refractivity contribution in [1.82, 2.24) is 0 Å². The predicted octanol–water partition coefficient (Wildman–Crippen LogP) is 8.56. The molecule has 0 bridgehead atoms. The van der Waals surface area contributed by atoms with Crippen LogP contribution in [0.5, 0.6) is 0 Å². The Hall–Kier alpha value is -4.10. The summed E-state index contributed by atoms with van der Waals surface area (Å²) in [5, 5.41) is 11.3. The van der Waals surface area contributed by atoms with Gasteiger partial charge in [0.25, 0.3) is 0 Å². The molecule has 0 radical (unpaired) electrons. The van der Waals surface area contributed by atoms with Crippen LogP contribution in [0.2, 0.25) is 0 Å². The van der Waals surface area contributed by atoms with Crippen LogP contribution in [0.25, 0.3) is 43.4 Å². The van der Waals surface area contributed by atoms with Gasteiger partial charge in [-0.3, -0.25) is 0 Å². The van der Waals surface area contributed by atoms with Crippen LogP contribution < -0.4 is 5.32 Å². The lowest BCUT2D eigenvalue weighted by molar-refractivity contribution is 1.57. The van der Waals surface area contributed by atoms with Gasteiger partial charge in [-0.15, -0.1) is 0 Å². The van der Waals surface area contributed by atoms with E-state index in [4.69, 9.17) is 0 Å². The predicted molar refractivity (Wildman–Crippen MR) is 134 cm³/mol. The third kappa shape index (κ3) is 3.12. The first-order valence-electron chi connectivity index (χ1n) is 10.6. The van der Waals surface area contributed by atoms with Crippen LogP contribution in [0.3, 0.4) is 0 Å². The standard InChI is InChI=1S/C30H21N/c1-4-15-26-21(9-1)11-8-18-30(26)31-24-13-7-12-22(19-24)29-20-23-10-2-3-14-25(23)27-16-5-6-17-28(27)29/h1-20,31H. The van der Waals surface area contributed by atoms with Crippen molar-refractivity contribution in [2.75, 3.05) is 5.32 Å². The Bertz CT molecular complexity index is 1560. The molecule has 0 saturated heterocycles. The van der Waals surface area contributed by atoms with E-state index in [2.05, 4.69) is 127 Å². The van der Waals surface area contributed by atoms with E-state index in [9.17, 15) is 0 Å². The molecule has 0 aliphatic rings. The number of rotatable bonds is 3. The summed E-state index contributed by atoms with van der Waals surface area (Å²) in [7, 11) is 0. The minimum atomic E-state index is 1.09. The van der Waals surface area contributed by atoms with E-state index in [1.807, 2.05) is 0 Å². The highest BCUT2D eigenvalue weighted by Crippen LogP contribution is 2.36. The van der Waals surface area contributed by atoms with Crippen molar-refractivity contribution in [2.24, 2.45) is 0 Å². The van der Waals surface area contributed by atoms with E-state index in [-0.39, 0.29) is 0 Å². The monoisotopic (exact) mass is 395 g/mol. The lowest BCUT2D eigenvalue weighted by atomic mass is 9.93. The van der Waals surface area contributed by atoms with Crippen molar-refractivity contribution in [3.05, 3.63) is 121 Å². The zero-order valence-corrected chi connectivity index (χ0v) is 17.0. The van der Waals surface area contributed by atoms with Crippen LogP contribution in [-0.4, -0.2) is 0 Å². The van der Waals surface area contributed by atoms with Crippen molar-refractivity contribution >= 4 is 43.7 Å². The Morgan fingerprint density at radius 3 is 1.94 bits per heavy atom.